The summed E-state index contributed by atoms with van der Waals surface area (Å²) in [6.07, 6.45) is -0.283. The summed E-state index contributed by atoms with van der Waals surface area (Å²) in [6, 6.07) is 1.75. The van der Waals surface area contributed by atoms with Crippen molar-refractivity contribution in [3.8, 4) is 0 Å². The fourth-order valence-electron chi connectivity index (χ4n) is 2.93. The average Bonchev–Trinajstić information content (AvgIpc) is 2.54. The first-order valence-corrected chi connectivity index (χ1v) is 6.87. The van der Waals surface area contributed by atoms with E-state index in [4.69, 9.17) is 0 Å². The van der Waals surface area contributed by atoms with Gasteiger partial charge in [0, 0.05) is 36.7 Å². The molecule has 3 rings (SSSR count). The van der Waals surface area contributed by atoms with Gasteiger partial charge in [-0.25, -0.2) is 8.78 Å². The van der Waals surface area contributed by atoms with Gasteiger partial charge in [0.05, 0.1) is 9.35 Å². The average molecular weight is 322 g/mol. The van der Waals surface area contributed by atoms with E-state index in [0.29, 0.717) is 12.1 Å². The number of thiophene rings is 1. The van der Waals surface area contributed by atoms with Crippen molar-refractivity contribution < 1.29 is 13.6 Å². The molecule has 1 amide bonds. The Morgan fingerprint density at radius 3 is 2.71 bits per heavy atom. The maximum absolute atomic E-state index is 13.2. The number of amides is 1. The van der Waals surface area contributed by atoms with Crippen molar-refractivity contribution in [3.05, 3.63) is 20.3 Å². The number of nitrogens with zero attached hydrogens (tertiary/aromatic N) is 1. The van der Waals surface area contributed by atoms with Gasteiger partial charge in [-0.05, 0) is 22.0 Å². The summed E-state index contributed by atoms with van der Waals surface area (Å²) in [6.45, 7) is 0.404. The van der Waals surface area contributed by atoms with Crippen LogP contribution in [0.3, 0.4) is 0 Å². The number of alkyl halides is 2. The van der Waals surface area contributed by atoms with Crippen LogP contribution in [-0.4, -0.2) is 30.3 Å². The molecule has 1 aliphatic heterocycles. The lowest BCUT2D eigenvalue weighted by Crippen LogP contribution is -2.58. The zero-order valence-electron chi connectivity index (χ0n) is 9.10. The molecule has 1 saturated carbocycles. The summed E-state index contributed by atoms with van der Waals surface area (Å²) < 4.78 is 27.2. The summed E-state index contributed by atoms with van der Waals surface area (Å²) >= 11 is 4.75. The third-order valence-corrected chi connectivity index (χ3v) is 5.38. The Morgan fingerprint density at radius 1 is 1.47 bits per heavy atom. The highest BCUT2D eigenvalue weighted by molar-refractivity contribution is 9.11. The van der Waals surface area contributed by atoms with Crippen LogP contribution in [-0.2, 0) is 5.41 Å². The molecular weight excluding hydrogens is 312 g/mol. The predicted molar refractivity (Wildman–Crippen MR) is 64.8 cm³/mol. The predicted octanol–water partition coefficient (Wildman–Crippen LogP) is 3.26. The monoisotopic (exact) mass is 321 g/mol. The van der Waals surface area contributed by atoms with Crippen LogP contribution < -0.4 is 0 Å². The van der Waals surface area contributed by atoms with Gasteiger partial charge in [-0.3, -0.25) is 4.79 Å². The quantitative estimate of drug-likeness (QED) is 0.718. The standard InChI is InChI=1S/C11H10BrF2NOS/c1-15-5-10(3-11(13,14)4-10)8-6(9(15)16)2-7(12)17-8/h2H,3-5H2,1H3. The molecule has 92 valence electrons. The molecule has 1 spiro atoms. The Bertz CT molecular complexity index is 506. The minimum atomic E-state index is -2.57. The molecule has 2 nitrogen and oxygen atoms in total. The van der Waals surface area contributed by atoms with E-state index in [-0.39, 0.29) is 18.7 Å². The molecule has 0 saturated heterocycles. The third kappa shape index (κ3) is 1.57. The van der Waals surface area contributed by atoms with Gasteiger partial charge < -0.3 is 4.90 Å². The first-order valence-electron chi connectivity index (χ1n) is 5.26. The number of carbonyl (C=O) groups is 1. The highest BCUT2D eigenvalue weighted by Crippen LogP contribution is 2.58. The summed E-state index contributed by atoms with van der Waals surface area (Å²) in [7, 11) is 1.68. The number of halogens is 3. The lowest BCUT2D eigenvalue weighted by Gasteiger charge is -2.51. The van der Waals surface area contributed by atoms with Crippen LogP contribution in [0.15, 0.2) is 9.85 Å². The van der Waals surface area contributed by atoms with E-state index < -0.39 is 11.3 Å². The molecule has 2 aliphatic rings. The molecule has 1 aliphatic carbocycles. The largest absolute Gasteiger partial charge is 0.341 e. The van der Waals surface area contributed by atoms with E-state index in [1.165, 1.54) is 11.3 Å². The zero-order chi connectivity index (χ0) is 12.4. The molecular formula is C11H10BrF2NOS. The van der Waals surface area contributed by atoms with Crippen molar-refractivity contribution in [2.45, 2.75) is 24.2 Å². The van der Waals surface area contributed by atoms with Crippen LogP contribution in [0.5, 0.6) is 0 Å². The van der Waals surface area contributed by atoms with E-state index in [2.05, 4.69) is 15.9 Å². The molecule has 0 bridgehead atoms. The lowest BCUT2D eigenvalue weighted by molar-refractivity contribution is -0.131. The van der Waals surface area contributed by atoms with Crippen molar-refractivity contribution in [2.24, 2.45) is 0 Å². The molecule has 0 aromatic carbocycles. The first-order chi connectivity index (χ1) is 7.83. The molecule has 0 atom stereocenters. The number of hydrogen-bond donors (Lipinski definition) is 0. The van der Waals surface area contributed by atoms with E-state index in [1.807, 2.05) is 0 Å². The van der Waals surface area contributed by atoms with Crippen LogP contribution in [0.25, 0.3) is 0 Å². The van der Waals surface area contributed by atoms with E-state index in [1.54, 1.807) is 18.0 Å². The molecule has 6 heteroatoms. The van der Waals surface area contributed by atoms with Gasteiger partial charge in [0.15, 0.2) is 0 Å². The summed E-state index contributed by atoms with van der Waals surface area (Å²) in [5.74, 6) is -2.64. The molecule has 1 aromatic heterocycles. The minimum absolute atomic E-state index is 0.0669. The first kappa shape index (κ1) is 11.6. The molecule has 0 unspecified atom stereocenters. The molecule has 0 N–H and O–H groups in total. The van der Waals surface area contributed by atoms with Crippen molar-refractivity contribution in [3.63, 3.8) is 0 Å². The maximum Gasteiger partial charge on any atom is 0.254 e. The smallest absolute Gasteiger partial charge is 0.254 e. The van der Waals surface area contributed by atoms with Gasteiger partial charge in [0.25, 0.3) is 5.91 Å². The fraction of sp³-hybridized carbons (Fsp3) is 0.545. The van der Waals surface area contributed by atoms with Crippen LogP contribution in [0.1, 0.15) is 28.1 Å². The second-order valence-electron chi connectivity index (χ2n) is 4.94. The van der Waals surface area contributed by atoms with Crippen molar-refractivity contribution in [2.75, 3.05) is 13.6 Å². The molecule has 1 fully saturated rings. The van der Waals surface area contributed by atoms with Gasteiger partial charge >= 0.3 is 0 Å². The van der Waals surface area contributed by atoms with Crippen molar-refractivity contribution in [1.29, 1.82) is 0 Å². The van der Waals surface area contributed by atoms with Crippen LogP contribution in [0, 0.1) is 0 Å². The summed E-state index contributed by atoms with van der Waals surface area (Å²) in [4.78, 5) is 14.3. The maximum atomic E-state index is 13.2. The van der Waals surface area contributed by atoms with Gasteiger partial charge in [-0.15, -0.1) is 11.3 Å². The number of hydrogen-bond acceptors (Lipinski definition) is 2. The van der Waals surface area contributed by atoms with E-state index >= 15 is 0 Å². The molecule has 2 heterocycles. The van der Waals surface area contributed by atoms with Gasteiger partial charge in [0.1, 0.15) is 0 Å². The van der Waals surface area contributed by atoms with Crippen LogP contribution in [0.2, 0.25) is 0 Å². The Balaban J connectivity index is 2.09. The Morgan fingerprint density at radius 2 is 2.12 bits per heavy atom. The Labute approximate surface area is 110 Å². The minimum Gasteiger partial charge on any atom is -0.341 e. The lowest BCUT2D eigenvalue weighted by atomic mass is 9.63. The van der Waals surface area contributed by atoms with Crippen LogP contribution >= 0.6 is 27.3 Å². The van der Waals surface area contributed by atoms with E-state index in [9.17, 15) is 13.6 Å². The highest BCUT2D eigenvalue weighted by Gasteiger charge is 2.61. The molecule has 0 radical (unpaired) electrons. The normalized spacial score (nSPS) is 24.7. The number of carbonyl (C=O) groups excluding carboxylic acids is 1. The van der Waals surface area contributed by atoms with Gasteiger partial charge in [-0.2, -0.15) is 0 Å². The summed E-state index contributed by atoms with van der Waals surface area (Å²) in [5, 5.41) is 0. The topological polar surface area (TPSA) is 20.3 Å². The van der Waals surface area contributed by atoms with Crippen LogP contribution in [0.4, 0.5) is 8.78 Å². The third-order valence-electron chi connectivity index (χ3n) is 3.49. The number of fused-ring (bicyclic) bond motifs is 2. The molecule has 17 heavy (non-hydrogen) atoms. The van der Waals surface area contributed by atoms with E-state index in [0.717, 1.165) is 8.66 Å². The number of likely N-dealkylation sites (N-methyl/N-ethyl adjacent to an activating group) is 1. The SMILES string of the molecule is CN1CC2(CC(F)(F)C2)c2sc(Br)cc2C1=O. The molecule has 1 aromatic rings. The zero-order valence-corrected chi connectivity index (χ0v) is 11.5. The van der Waals surface area contributed by atoms with Gasteiger partial charge in [0.2, 0.25) is 5.92 Å². The Kier molecular flexibility index (Phi) is 2.24. The number of rotatable bonds is 0. The van der Waals surface area contributed by atoms with Crippen molar-refractivity contribution >= 4 is 33.2 Å². The van der Waals surface area contributed by atoms with Gasteiger partial charge in [-0.1, -0.05) is 0 Å². The second-order valence-corrected chi connectivity index (χ2v) is 7.38. The summed E-state index contributed by atoms with van der Waals surface area (Å²) in [5.41, 5.74) is 0.0733. The Hall–Kier alpha value is -0.490. The van der Waals surface area contributed by atoms with Crippen molar-refractivity contribution in [1.82, 2.24) is 4.90 Å². The second kappa shape index (κ2) is 3.29. The highest BCUT2D eigenvalue weighted by atomic mass is 79.9. The fourth-order valence-corrected chi connectivity index (χ4v) is 4.70.